The number of thiophene rings is 1. The van der Waals surface area contributed by atoms with Crippen molar-refractivity contribution in [1.29, 1.82) is 0 Å². The molecule has 0 unspecified atom stereocenters. The number of carbonyl (C=O) groups excluding carboxylic acids is 1. The van der Waals surface area contributed by atoms with E-state index in [1.165, 1.54) is 4.70 Å². The van der Waals surface area contributed by atoms with Gasteiger partial charge in [-0.2, -0.15) is 0 Å². The summed E-state index contributed by atoms with van der Waals surface area (Å²) in [5.41, 5.74) is 1.05. The summed E-state index contributed by atoms with van der Waals surface area (Å²) in [6, 6.07) is 8.10. The number of hydrogen-bond acceptors (Lipinski definition) is 3. The fraction of sp³-hybridized carbons (Fsp3) is 0.444. The van der Waals surface area contributed by atoms with Gasteiger partial charge in [0.05, 0.1) is 12.3 Å². The van der Waals surface area contributed by atoms with E-state index in [2.05, 4.69) is 6.07 Å². The maximum atomic E-state index is 12.7. The van der Waals surface area contributed by atoms with Crippen LogP contribution in [0, 0.1) is 17.8 Å². The number of carbonyl (C=O) groups is 2. The second-order valence-electron chi connectivity index (χ2n) is 6.68. The first-order valence-corrected chi connectivity index (χ1v) is 8.97. The van der Waals surface area contributed by atoms with Crippen LogP contribution in [0.2, 0.25) is 0 Å². The van der Waals surface area contributed by atoms with Gasteiger partial charge in [0.1, 0.15) is 0 Å². The number of likely N-dealkylation sites (tertiary alicyclic amines) is 1. The molecule has 23 heavy (non-hydrogen) atoms. The Bertz CT molecular complexity index is 764. The summed E-state index contributed by atoms with van der Waals surface area (Å²) in [5.74, 6) is -0.418. The molecular weight excluding hydrogens is 310 g/mol. The van der Waals surface area contributed by atoms with Gasteiger partial charge in [0, 0.05) is 17.8 Å². The van der Waals surface area contributed by atoms with Crippen molar-refractivity contribution < 1.29 is 14.7 Å². The van der Waals surface area contributed by atoms with Crippen LogP contribution in [-0.4, -0.2) is 35.0 Å². The maximum Gasteiger partial charge on any atom is 0.308 e. The second-order valence-corrected chi connectivity index (χ2v) is 7.59. The summed E-state index contributed by atoms with van der Waals surface area (Å²) in [6.07, 6.45) is 2.60. The summed E-state index contributed by atoms with van der Waals surface area (Å²) in [6.45, 7) is 0.986. The molecule has 5 heteroatoms. The number of hydrogen-bond donors (Lipinski definition) is 1. The van der Waals surface area contributed by atoms with Crippen molar-refractivity contribution in [3.05, 3.63) is 35.2 Å². The second kappa shape index (κ2) is 5.64. The molecule has 4 rings (SSSR count). The van der Waals surface area contributed by atoms with Crippen LogP contribution in [0.4, 0.5) is 0 Å². The molecule has 0 spiro atoms. The van der Waals surface area contributed by atoms with Crippen LogP contribution in [-0.2, 0) is 16.0 Å². The highest BCUT2D eigenvalue weighted by Gasteiger charge is 2.46. The Morgan fingerprint density at radius 1 is 1.22 bits per heavy atom. The molecule has 2 atom stereocenters. The molecule has 1 amide bonds. The topological polar surface area (TPSA) is 57.6 Å². The van der Waals surface area contributed by atoms with Gasteiger partial charge in [-0.1, -0.05) is 18.2 Å². The predicted octanol–water partition coefficient (Wildman–Crippen LogP) is 3.01. The molecule has 1 saturated carbocycles. The van der Waals surface area contributed by atoms with Gasteiger partial charge < -0.3 is 10.0 Å². The largest absolute Gasteiger partial charge is 0.481 e. The standard InChI is InChI=1S/C18H19NO3S/c20-17(7-12-10-23-16-4-2-1-3-13(12)16)19-8-14(11-5-6-11)15(9-19)18(21)22/h1-4,10-11,14-15H,5-9H2,(H,21,22)/t14-,15+/m1/s1. The fourth-order valence-corrected chi connectivity index (χ4v) is 4.70. The van der Waals surface area contributed by atoms with Crippen molar-refractivity contribution >= 4 is 33.3 Å². The molecule has 1 aromatic heterocycles. The molecule has 1 aromatic carbocycles. The zero-order chi connectivity index (χ0) is 16.0. The van der Waals surface area contributed by atoms with E-state index in [1.54, 1.807) is 16.2 Å². The van der Waals surface area contributed by atoms with Gasteiger partial charge in [0.25, 0.3) is 0 Å². The molecule has 0 bridgehead atoms. The average molecular weight is 329 g/mol. The number of aliphatic carboxylic acids is 1. The number of fused-ring (bicyclic) bond motifs is 1. The molecular formula is C18H19NO3S. The quantitative estimate of drug-likeness (QED) is 0.938. The number of carboxylic acid groups (broad SMARTS) is 1. The van der Waals surface area contributed by atoms with E-state index < -0.39 is 5.97 Å². The first-order chi connectivity index (χ1) is 11.1. The van der Waals surface area contributed by atoms with E-state index in [0.717, 1.165) is 23.8 Å². The van der Waals surface area contributed by atoms with Crippen LogP contribution < -0.4 is 0 Å². The first kappa shape index (κ1) is 14.7. The molecule has 1 saturated heterocycles. The lowest BCUT2D eigenvalue weighted by Crippen LogP contribution is -2.31. The average Bonchev–Trinajstić information content (AvgIpc) is 3.16. The van der Waals surface area contributed by atoms with Crippen molar-refractivity contribution in [2.24, 2.45) is 17.8 Å². The summed E-state index contributed by atoms with van der Waals surface area (Å²) in [4.78, 5) is 25.9. The zero-order valence-corrected chi connectivity index (χ0v) is 13.6. The van der Waals surface area contributed by atoms with E-state index in [1.807, 2.05) is 23.6 Å². The molecule has 0 radical (unpaired) electrons. The van der Waals surface area contributed by atoms with Crippen molar-refractivity contribution in [3.8, 4) is 0 Å². The van der Waals surface area contributed by atoms with Crippen molar-refractivity contribution in [1.82, 2.24) is 4.90 Å². The Balaban J connectivity index is 1.50. The van der Waals surface area contributed by atoms with E-state index >= 15 is 0 Å². The Hall–Kier alpha value is -1.88. The minimum absolute atomic E-state index is 0.0583. The number of nitrogens with zero attached hydrogens (tertiary/aromatic N) is 1. The summed E-state index contributed by atoms with van der Waals surface area (Å²) in [5, 5.41) is 12.6. The number of benzene rings is 1. The number of rotatable bonds is 4. The molecule has 2 aromatic rings. The summed E-state index contributed by atoms with van der Waals surface area (Å²) in [7, 11) is 0. The van der Waals surface area contributed by atoms with Gasteiger partial charge in [0.2, 0.25) is 5.91 Å². The highest BCUT2D eigenvalue weighted by Crippen LogP contribution is 2.44. The summed E-state index contributed by atoms with van der Waals surface area (Å²) >= 11 is 1.65. The molecule has 4 nitrogen and oxygen atoms in total. The summed E-state index contributed by atoms with van der Waals surface area (Å²) < 4.78 is 1.19. The van der Waals surface area contributed by atoms with E-state index in [-0.39, 0.29) is 17.7 Å². The Morgan fingerprint density at radius 2 is 2.00 bits per heavy atom. The minimum Gasteiger partial charge on any atom is -0.481 e. The van der Waals surface area contributed by atoms with Gasteiger partial charge in [-0.15, -0.1) is 11.3 Å². The molecule has 1 aliphatic carbocycles. The van der Waals surface area contributed by atoms with Gasteiger partial charge in [-0.25, -0.2) is 0 Å². The minimum atomic E-state index is -0.752. The molecule has 2 aliphatic rings. The van der Waals surface area contributed by atoms with Crippen LogP contribution in [0.15, 0.2) is 29.6 Å². The molecule has 120 valence electrons. The van der Waals surface area contributed by atoms with Crippen molar-refractivity contribution in [2.45, 2.75) is 19.3 Å². The number of amides is 1. The third kappa shape index (κ3) is 2.74. The SMILES string of the molecule is O=C(O)[C@H]1CN(C(=O)Cc2csc3ccccc23)C[C@@H]1C1CC1. The Labute approximate surface area is 138 Å². The monoisotopic (exact) mass is 329 g/mol. The van der Waals surface area contributed by atoms with Gasteiger partial charge in [0.15, 0.2) is 0 Å². The van der Waals surface area contributed by atoms with Gasteiger partial charge >= 0.3 is 5.97 Å². The Kier molecular flexibility index (Phi) is 3.60. The van der Waals surface area contributed by atoms with E-state index in [4.69, 9.17) is 0 Å². The zero-order valence-electron chi connectivity index (χ0n) is 12.8. The van der Waals surface area contributed by atoms with Crippen molar-refractivity contribution in [3.63, 3.8) is 0 Å². The predicted molar refractivity (Wildman–Crippen MR) is 89.4 cm³/mol. The van der Waals surface area contributed by atoms with Crippen LogP contribution in [0.3, 0.4) is 0 Å². The van der Waals surface area contributed by atoms with Gasteiger partial charge in [-0.05, 0) is 47.1 Å². The fourth-order valence-electron chi connectivity index (χ4n) is 3.74. The third-order valence-electron chi connectivity index (χ3n) is 5.17. The van der Waals surface area contributed by atoms with Gasteiger partial charge in [-0.3, -0.25) is 9.59 Å². The molecule has 2 heterocycles. The highest BCUT2D eigenvalue weighted by molar-refractivity contribution is 7.17. The van der Waals surface area contributed by atoms with Crippen LogP contribution >= 0.6 is 11.3 Å². The first-order valence-electron chi connectivity index (χ1n) is 8.09. The lowest BCUT2D eigenvalue weighted by molar-refractivity contribution is -0.142. The Morgan fingerprint density at radius 3 is 2.74 bits per heavy atom. The lowest BCUT2D eigenvalue weighted by Gasteiger charge is -2.16. The maximum absolute atomic E-state index is 12.7. The smallest absolute Gasteiger partial charge is 0.308 e. The highest BCUT2D eigenvalue weighted by atomic mass is 32.1. The number of carboxylic acids is 1. The van der Waals surface area contributed by atoms with Crippen LogP contribution in [0.1, 0.15) is 18.4 Å². The lowest BCUT2D eigenvalue weighted by atomic mass is 9.92. The van der Waals surface area contributed by atoms with E-state index in [9.17, 15) is 14.7 Å². The van der Waals surface area contributed by atoms with Crippen LogP contribution in [0.25, 0.3) is 10.1 Å². The molecule has 1 N–H and O–H groups in total. The normalized spacial score (nSPS) is 24.3. The van der Waals surface area contributed by atoms with E-state index in [0.29, 0.717) is 25.4 Å². The van der Waals surface area contributed by atoms with Crippen molar-refractivity contribution in [2.75, 3.05) is 13.1 Å². The molecule has 1 aliphatic heterocycles. The van der Waals surface area contributed by atoms with Crippen LogP contribution in [0.5, 0.6) is 0 Å². The third-order valence-corrected chi connectivity index (χ3v) is 6.18. The molecule has 2 fully saturated rings.